The molecule has 3 rings (SSSR count). The Morgan fingerprint density at radius 2 is 2.07 bits per heavy atom. The van der Waals surface area contributed by atoms with Crippen LogP contribution in [-0.4, -0.2) is 51.5 Å². The number of carbonyl (C=O) groups excluding carboxylic acids is 2. The molecule has 1 saturated heterocycles. The smallest absolute Gasteiger partial charge is 0.344 e. The van der Waals surface area contributed by atoms with Crippen molar-refractivity contribution in [3.05, 3.63) is 29.3 Å². The Balaban J connectivity index is 1.71. The fourth-order valence-electron chi connectivity index (χ4n) is 3.50. The monoisotopic (exact) mass is 378 g/mol. The van der Waals surface area contributed by atoms with E-state index in [4.69, 9.17) is 9.47 Å². The zero-order valence-corrected chi connectivity index (χ0v) is 15.8. The van der Waals surface area contributed by atoms with Crippen LogP contribution in [0.4, 0.5) is 0 Å². The van der Waals surface area contributed by atoms with Gasteiger partial charge in [0.1, 0.15) is 23.8 Å². The maximum absolute atomic E-state index is 11.9. The summed E-state index contributed by atoms with van der Waals surface area (Å²) in [5.74, 6) is -0.179. The number of fused-ring (bicyclic) bond motifs is 1. The van der Waals surface area contributed by atoms with Crippen molar-refractivity contribution in [1.29, 1.82) is 0 Å². The maximum atomic E-state index is 11.9. The minimum absolute atomic E-state index is 0.202. The van der Waals surface area contributed by atoms with E-state index in [0.717, 1.165) is 5.56 Å². The van der Waals surface area contributed by atoms with Gasteiger partial charge in [-0.25, -0.2) is 4.79 Å². The molecule has 0 aliphatic carbocycles. The fourth-order valence-corrected chi connectivity index (χ4v) is 3.50. The number of amides is 1. The Morgan fingerprint density at radius 1 is 1.33 bits per heavy atom. The van der Waals surface area contributed by atoms with Gasteiger partial charge in [-0.15, -0.1) is 0 Å². The molecule has 1 fully saturated rings. The van der Waals surface area contributed by atoms with Crippen molar-refractivity contribution in [2.45, 2.75) is 64.3 Å². The van der Waals surface area contributed by atoms with Crippen molar-refractivity contribution in [3.8, 4) is 5.75 Å². The molecule has 2 aliphatic heterocycles. The van der Waals surface area contributed by atoms with Crippen LogP contribution in [0.2, 0.25) is 0 Å². The van der Waals surface area contributed by atoms with Crippen LogP contribution in [0, 0.1) is 0 Å². The number of hydrogen-bond donors (Lipinski definition) is 3. The number of hydrogen-bond acceptors (Lipinski definition) is 7. The van der Waals surface area contributed by atoms with Crippen molar-refractivity contribution in [1.82, 2.24) is 10.2 Å². The minimum atomic E-state index is -1.04. The molecule has 0 bridgehead atoms. The first-order valence-corrected chi connectivity index (χ1v) is 9.03. The third-order valence-electron chi connectivity index (χ3n) is 4.63. The van der Waals surface area contributed by atoms with Gasteiger partial charge in [-0.2, -0.15) is 0 Å². The number of ether oxygens (including phenoxy) is 2. The Bertz CT molecular complexity index is 729. The highest BCUT2D eigenvalue weighted by molar-refractivity contribution is 5.77. The first-order valence-electron chi connectivity index (χ1n) is 9.03. The van der Waals surface area contributed by atoms with Crippen molar-refractivity contribution in [2.75, 3.05) is 6.61 Å². The van der Waals surface area contributed by atoms with Crippen LogP contribution in [0.25, 0.3) is 0 Å². The lowest BCUT2D eigenvalue weighted by atomic mass is 10.0. The van der Waals surface area contributed by atoms with Crippen molar-refractivity contribution < 1.29 is 29.3 Å². The summed E-state index contributed by atoms with van der Waals surface area (Å²) >= 11 is 0. The summed E-state index contributed by atoms with van der Waals surface area (Å²) < 4.78 is 10.9. The van der Waals surface area contributed by atoms with Crippen molar-refractivity contribution >= 4 is 11.9 Å². The van der Waals surface area contributed by atoms with Crippen LogP contribution in [0.15, 0.2) is 18.2 Å². The lowest BCUT2D eigenvalue weighted by Gasteiger charge is -2.36. The first kappa shape index (κ1) is 19.6. The second kappa shape index (κ2) is 7.46. The van der Waals surface area contributed by atoms with Gasteiger partial charge >= 0.3 is 5.97 Å². The summed E-state index contributed by atoms with van der Waals surface area (Å²) in [6, 6.07) is 4.87. The van der Waals surface area contributed by atoms with Gasteiger partial charge in [0.05, 0.1) is 6.04 Å². The molecular formula is C19H26N2O6. The summed E-state index contributed by atoms with van der Waals surface area (Å²) in [4.78, 5) is 25.1. The summed E-state index contributed by atoms with van der Waals surface area (Å²) in [6.45, 7) is 5.47. The van der Waals surface area contributed by atoms with E-state index >= 15 is 0 Å². The van der Waals surface area contributed by atoms with Gasteiger partial charge in [0.15, 0.2) is 6.61 Å². The van der Waals surface area contributed by atoms with E-state index in [1.807, 2.05) is 0 Å². The first-order chi connectivity index (χ1) is 12.7. The highest BCUT2D eigenvalue weighted by atomic mass is 16.6. The number of nitrogens with zero attached hydrogens (tertiary/aromatic N) is 1. The van der Waals surface area contributed by atoms with Crippen molar-refractivity contribution in [2.24, 2.45) is 0 Å². The van der Waals surface area contributed by atoms with E-state index in [9.17, 15) is 19.8 Å². The number of benzene rings is 1. The normalized spacial score (nSPS) is 25.7. The molecule has 8 heteroatoms. The second-order valence-electron chi connectivity index (χ2n) is 7.86. The molecule has 0 saturated carbocycles. The molecule has 1 aromatic rings. The van der Waals surface area contributed by atoms with Gasteiger partial charge < -0.3 is 25.0 Å². The summed E-state index contributed by atoms with van der Waals surface area (Å²) in [5.41, 5.74) is 0.839. The predicted molar refractivity (Wildman–Crippen MR) is 95.5 cm³/mol. The molecule has 0 aromatic heterocycles. The largest absolute Gasteiger partial charge is 0.482 e. The standard InChI is InChI=1S/C19H26N2O6/c1-19(2,3)27-16(23)10-26-14-6-4-5-11-12(14)9-21(18(11)25)13-7-8-15(22)20-17(13)24/h4-6,13,17-18,24-25H,7-10H2,1-3H3,(H,20,22). The fraction of sp³-hybridized carbons (Fsp3) is 0.579. The maximum Gasteiger partial charge on any atom is 0.344 e. The zero-order chi connectivity index (χ0) is 19.8. The third-order valence-corrected chi connectivity index (χ3v) is 4.63. The molecule has 0 spiro atoms. The number of esters is 1. The highest BCUT2D eigenvalue weighted by Crippen LogP contribution is 2.40. The molecule has 3 N–H and O–H groups in total. The molecule has 3 atom stereocenters. The number of piperidine rings is 1. The zero-order valence-electron chi connectivity index (χ0n) is 15.8. The predicted octanol–water partition coefficient (Wildman–Crippen LogP) is 0.811. The number of carbonyl (C=O) groups is 2. The summed E-state index contributed by atoms with van der Waals surface area (Å²) in [7, 11) is 0. The molecular weight excluding hydrogens is 352 g/mol. The number of aliphatic hydroxyl groups is 2. The average molecular weight is 378 g/mol. The van der Waals surface area contributed by atoms with Gasteiger partial charge in [0.2, 0.25) is 5.91 Å². The van der Waals surface area contributed by atoms with E-state index in [1.165, 1.54) is 0 Å². The lowest BCUT2D eigenvalue weighted by Crippen LogP contribution is -2.54. The van der Waals surface area contributed by atoms with Crippen LogP contribution in [0.1, 0.15) is 51.0 Å². The summed E-state index contributed by atoms with van der Waals surface area (Å²) in [5, 5.41) is 23.4. The molecule has 8 nitrogen and oxygen atoms in total. The average Bonchev–Trinajstić information content (AvgIpc) is 2.89. The molecule has 2 aliphatic rings. The Kier molecular flexibility index (Phi) is 5.41. The molecule has 27 heavy (non-hydrogen) atoms. The topological polar surface area (TPSA) is 108 Å². The third kappa shape index (κ3) is 4.40. The number of nitrogens with one attached hydrogen (secondary N) is 1. The molecule has 3 unspecified atom stereocenters. The Morgan fingerprint density at radius 3 is 2.74 bits per heavy atom. The molecule has 1 amide bonds. The van der Waals surface area contributed by atoms with Crippen LogP contribution in [0.3, 0.4) is 0 Å². The van der Waals surface area contributed by atoms with Crippen LogP contribution in [-0.2, 0) is 20.9 Å². The molecule has 1 aromatic carbocycles. The number of aliphatic hydroxyl groups excluding tert-OH is 2. The lowest BCUT2D eigenvalue weighted by molar-refractivity contribution is -0.157. The Hall–Kier alpha value is -2.16. The van der Waals surface area contributed by atoms with Crippen LogP contribution < -0.4 is 10.1 Å². The molecule has 0 radical (unpaired) electrons. The van der Waals surface area contributed by atoms with Gasteiger partial charge in [0.25, 0.3) is 0 Å². The van der Waals surface area contributed by atoms with Crippen molar-refractivity contribution in [3.63, 3.8) is 0 Å². The summed E-state index contributed by atoms with van der Waals surface area (Å²) in [6.07, 6.45) is -1.21. The second-order valence-corrected chi connectivity index (χ2v) is 7.86. The van der Waals surface area contributed by atoms with Crippen LogP contribution in [0.5, 0.6) is 5.75 Å². The van der Waals surface area contributed by atoms with Gasteiger partial charge in [-0.05, 0) is 33.3 Å². The molecule has 148 valence electrons. The quantitative estimate of drug-likeness (QED) is 0.666. The van der Waals surface area contributed by atoms with E-state index in [1.54, 1.807) is 43.9 Å². The SMILES string of the molecule is CC(C)(C)OC(=O)COc1cccc2c1CN(C1CCC(=O)NC1O)C2O. The van der Waals surface area contributed by atoms with E-state index in [-0.39, 0.29) is 12.5 Å². The van der Waals surface area contributed by atoms with E-state index < -0.39 is 30.1 Å². The van der Waals surface area contributed by atoms with Gasteiger partial charge in [-0.3, -0.25) is 9.69 Å². The minimum Gasteiger partial charge on any atom is -0.482 e. The van der Waals surface area contributed by atoms with Crippen LogP contribution >= 0.6 is 0 Å². The van der Waals surface area contributed by atoms with Gasteiger partial charge in [-0.1, -0.05) is 12.1 Å². The Labute approximate surface area is 158 Å². The van der Waals surface area contributed by atoms with E-state index in [2.05, 4.69) is 5.32 Å². The highest BCUT2D eigenvalue weighted by Gasteiger charge is 2.40. The van der Waals surface area contributed by atoms with Gasteiger partial charge in [0, 0.05) is 24.1 Å². The number of rotatable bonds is 4. The molecule has 2 heterocycles. The van der Waals surface area contributed by atoms with E-state index in [0.29, 0.717) is 30.7 Å².